The van der Waals surface area contributed by atoms with E-state index in [-0.39, 0.29) is 5.97 Å². The predicted molar refractivity (Wildman–Crippen MR) is 75.7 cm³/mol. The molecule has 19 heavy (non-hydrogen) atoms. The zero-order valence-corrected chi connectivity index (χ0v) is 10.7. The zero-order valence-electron chi connectivity index (χ0n) is 10.7. The van der Waals surface area contributed by atoms with Crippen molar-refractivity contribution in [2.24, 2.45) is 0 Å². The third-order valence-corrected chi connectivity index (χ3v) is 2.79. The number of esters is 1. The Hall–Kier alpha value is -2.49. The minimum atomic E-state index is -0.533. The van der Waals surface area contributed by atoms with Gasteiger partial charge in [0.15, 0.2) is 6.04 Å². The van der Waals surface area contributed by atoms with Gasteiger partial charge in [0.1, 0.15) is 0 Å². The molecule has 2 aromatic carbocycles. The van der Waals surface area contributed by atoms with Gasteiger partial charge in [0.2, 0.25) is 0 Å². The maximum absolute atomic E-state index is 11.9. The molecule has 0 bridgehead atoms. The van der Waals surface area contributed by atoms with Gasteiger partial charge in [-0.3, -0.25) is 0 Å². The molecule has 1 atom stereocenters. The Kier molecular flexibility index (Phi) is 4.03. The van der Waals surface area contributed by atoms with Crippen molar-refractivity contribution in [3.63, 3.8) is 0 Å². The molecule has 0 amide bonds. The van der Waals surface area contributed by atoms with Crippen molar-refractivity contribution < 1.29 is 9.53 Å². The molecule has 0 spiro atoms. The number of hydrogen-bond acceptors (Lipinski definition) is 4. The standard InChI is InChI=1S/C15H16N2O2/c1-19-15(18)14(11-5-3-2-4-6-11)17-13-9-7-12(16)8-10-13/h2-10,14,17H,16H2,1H3. The summed E-state index contributed by atoms with van der Waals surface area (Å²) in [4.78, 5) is 11.9. The Morgan fingerprint density at radius 2 is 1.74 bits per heavy atom. The largest absolute Gasteiger partial charge is 0.467 e. The van der Waals surface area contributed by atoms with Crippen LogP contribution in [0.5, 0.6) is 0 Å². The van der Waals surface area contributed by atoms with Crippen LogP contribution in [0, 0.1) is 0 Å². The molecule has 98 valence electrons. The summed E-state index contributed by atoms with van der Waals surface area (Å²) in [5, 5.41) is 3.14. The summed E-state index contributed by atoms with van der Waals surface area (Å²) in [7, 11) is 1.38. The van der Waals surface area contributed by atoms with E-state index >= 15 is 0 Å². The topological polar surface area (TPSA) is 64.3 Å². The van der Waals surface area contributed by atoms with E-state index in [1.165, 1.54) is 7.11 Å². The van der Waals surface area contributed by atoms with Crippen molar-refractivity contribution in [1.82, 2.24) is 0 Å². The number of anilines is 2. The quantitative estimate of drug-likeness (QED) is 0.652. The average Bonchev–Trinajstić information content (AvgIpc) is 2.47. The number of rotatable bonds is 4. The molecule has 2 aromatic rings. The molecule has 0 radical (unpaired) electrons. The van der Waals surface area contributed by atoms with Crippen LogP contribution in [0.2, 0.25) is 0 Å². The average molecular weight is 256 g/mol. The molecule has 0 aliphatic heterocycles. The van der Waals surface area contributed by atoms with Crippen molar-refractivity contribution in [3.8, 4) is 0 Å². The third-order valence-electron chi connectivity index (χ3n) is 2.79. The molecule has 3 N–H and O–H groups in total. The van der Waals surface area contributed by atoms with Crippen LogP contribution < -0.4 is 11.1 Å². The summed E-state index contributed by atoms with van der Waals surface area (Å²) < 4.78 is 4.84. The Balaban J connectivity index is 2.24. The van der Waals surface area contributed by atoms with Gasteiger partial charge in [0.05, 0.1) is 7.11 Å². The zero-order chi connectivity index (χ0) is 13.7. The number of hydrogen-bond donors (Lipinski definition) is 2. The minimum absolute atomic E-state index is 0.331. The van der Waals surface area contributed by atoms with Crippen LogP contribution in [-0.4, -0.2) is 13.1 Å². The summed E-state index contributed by atoms with van der Waals surface area (Å²) in [6, 6.07) is 16.1. The van der Waals surface area contributed by atoms with Gasteiger partial charge in [-0.05, 0) is 29.8 Å². The van der Waals surface area contributed by atoms with E-state index in [4.69, 9.17) is 10.5 Å². The van der Waals surface area contributed by atoms with Crippen molar-refractivity contribution in [1.29, 1.82) is 0 Å². The number of benzene rings is 2. The van der Waals surface area contributed by atoms with E-state index in [0.29, 0.717) is 5.69 Å². The lowest BCUT2D eigenvalue weighted by Gasteiger charge is -2.18. The van der Waals surface area contributed by atoms with Crippen LogP contribution in [0.25, 0.3) is 0 Å². The highest BCUT2D eigenvalue weighted by Crippen LogP contribution is 2.21. The molecule has 0 heterocycles. The summed E-state index contributed by atoms with van der Waals surface area (Å²) in [6.45, 7) is 0. The minimum Gasteiger partial charge on any atom is -0.467 e. The lowest BCUT2D eigenvalue weighted by molar-refractivity contribution is -0.141. The Bertz CT molecular complexity index is 538. The summed E-state index contributed by atoms with van der Waals surface area (Å²) >= 11 is 0. The molecule has 0 aliphatic rings. The van der Waals surface area contributed by atoms with Gasteiger partial charge in [-0.15, -0.1) is 0 Å². The third kappa shape index (κ3) is 3.25. The van der Waals surface area contributed by atoms with E-state index in [2.05, 4.69) is 5.32 Å². The molecular formula is C15H16N2O2. The van der Waals surface area contributed by atoms with Crippen LogP contribution in [0.4, 0.5) is 11.4 Å². The Labute approximate surface area is 112 Å². The molecular weight excluding hydrogens is 240 g/mol. The van der Waals surface area contributed by atoms with Crippen LogP contribution >= 0.6 is 0 Å². The van der Waals surface area contributed by atoms with Crippen molar-refractivity contribution in [3.05, 3.63) is 60.2 Å². The number of nitrogens with one attached hydrogen (secondary N) is 1. The first-order chi connectivity index (χ1) is 9.20. The number of ether oxygens (including phenoxy) is 1. The number of carbonyl (C=O) groups excluding carboxylic acids is 1. The normalized spacial score (nSPS) is 11.6. The Morgan fingerprint density at radius 3 is 2.32 bits per heavy atom. The highest BCUT2D eigenvalue weighted by atomic mass is 16.5. The highest BCUT2D eigenvalue weighted by Gasteiger charge is 2.20. The van der Waals surface area contributed by atoms with Crippen LogP contribution in [0.3, 0.4) is 0 Å². The monoisotopic (exact) mass is 256 g/mol. The molecule has 0 saturated heterocycles. The highest BCUT2D eigenvalue weighted by molar-refractivity contribution is 5.81. The first kappa shape index (κ1) is 13.0. The van der Waals surface area contributed by atoms with E-state index in [9.17, 15) is 4.79 Å². The summed E-state index contributed by atoms with van der Waals surface area (Å²) in [5.74, 6) is -0.331. The SMILES string of the molecule is COC(=O)C(Nc1ccc(N)cc1)c1ccccc1. The number of nitrogen functional groups attached to an aromatic ring is 1. The summed E-state index contributed by atoms with van der Waals surface area (Å²) in [6.07, 6.45) is 0. The molecule has 4 nitrogen and oxygen atoms in total. The molecule has 1 unspecified atom stereocenters. The summed E-state index contributed by atoms with van der Waals surface area (Å²) in [5.41, 5.74) is 7.98. The fraction of sp³-hybridized carbons (Fsp3) is 0.133. The maximum atomic E-state index is 11.9. The second kappa shape index (κ2) is 5.91. The second-order valence-electron chi connectivity index (χ2n) is 4.13. The first-order valence-corrected chi connectivity index (χ1v) is 5.95. The van der Waals surface area contributed by atoms with Crippen LogP contribution in [0.1, 0.15) is 11.6 Å². The van der Waals surface area contributed by atoms with Gasteiger partial charge < -0.3 is 15.8 Å². The van der Waals surface area contributed by atoms with E-state index in [1.54, 1.807) is 12.1 Å². The van der Waals surface area contributed by atoms with Crippen molar-refractivity contribution in [2.75, 3.05) is 18.2 Å². The van der Waals surface area contributed by atoms with E-state index < -0.39 is 6.04 Å². The smallest absolute Gasteiger partial charge is 0.332 e. The van der Waals surface area contributed by atoms with Crippen LogP contribution in [0.15, 0.2) is 54.6 Å². The van der Waals surface area contributed by atoms with Gasteiger partial charge >= 0.3 is 5.97 Å². The molecule has 0 aromatic heterocycles. The second-order valence-corrected chi connectivity index (χ2v) is 4.13. The number of methoxy groups -OCH3 is 1. The fourth-order valence-corrected chi connectivity index (χ4v) is 1.79. The Morgan fingerprint density at radius 1 is 1.11 bits per heavy atom. The lowest BCUT2D eigenvalue weighted by Crippen LogP contribution is -2.22. The van der Waals surface area contributed by atoms with Gasteiger partial charge in [0.25, 0.3) is 0 Å². The number of carbonyl (C=O) groups is 1. The van der Waals surface area contributed by atoms with Gasteiger partial charge in [-0.2, -0.15) is 0 Å². The van der Waals surface area contributed by atoms with Crippen LogP contribution in [-0.2, 0) is 9.53 Å². The molecule has 0 aliphatic carbocycles. The lowest BCUT2D eigenvalue weighted by atomic mass is 10.1. The first-order valence-electron chi connectivity index (χ1n) is 5.95. The molecule has 0 saturated carbocycles. The van der Waals surface area contributed by atoms with E-state index in [0.717, 1.165) is 11.3 Å². The van der Waals surface area contributed by atoms with Gasteiger partial charge in [0, 0.05) is 11.4 Å². The maximum Gasteiger partial charge on any atom is 0.332 e. The predicted octanol–water partition coefficient (Wildman–Crippen LogP) is 2.60. The number of nitrogens with two attached hydrogens (primary N) is 1. The van der Waals surface area contributed by atoms with Gasteiger partial charge in [-0.25, -0.2) is 4.79 Å². The van der Waals surface area contributed by atoms with E-state index in [1.807, 2.05) is 42.5 Å². The van der Waals surface area contributed by atoms with Gasteiger partial charge in [-0.1, -0.05) is 30.3 Å². The molecule has 2 rings (SSSR count). The fourth-order valence-electron chi connectivity index (χ4n) is 1.79. The molecule has 4 heteroatoms. The van der Waals surface area contributed by atoms with Crippen molar-refractivity contribution in [2.45, 2.75) is 6.04 Å². The molecule has 0 fully saturated rings. The van der Waals surface area contributed by atoms with Crippen molar-refractivity contribution >= 4 is 17.3 Å².